The predicted molar refractivity (Wildman–Crippen MR) is 164 cm³/mol. The quantitative estimate of drug-likeness (QED) is 0.253. The minimum Gasteiger partial charge on any atom is -0.465 e. The molecule has 1 saturated carbocycles. The highest BCUT2D eigenvalue weighted by Gasteiger charge is 2.49. The number of carbonyl (C=O) groups excluding carboxylic acids is 3. The zero-order valence-electron chi connectivity index (χ0n) is 24.7. The van der Waals surface area contributed by atoms with Crippen molar-refractivity contribution in [3.63, 3.8) is 0 Å². The van der Waals surface area contributed by atoms with Gasteiger partial charge in [0.2, 0.25) is 10.0 Å². The molecule has 5 rings (SSSR count). The zero-order chi connectivity index (χ0) is 32.3. The van der Waals surface area contributed by atoms with Crippen LogP contribution in [-0.4, -0.2) is 56.6 Å². The van der Waals surface area contributed by atoms with E-state index in [1.165, 1.54) is 12.1 Å². The number of hydroxylamine groups is 1. The second-order valence-electron chi connectivity index (χ2n) is 11.2. The number of halogens is 2. The number of hydrogen-bond acceptors (Lipinski definition) is 7. The van der Waals surface area contributed by atoms with Crippen LogP contribution in [0, 0.1) is 5.82 Å². The second kappa shape index (κ2) is 13.7. The summed E-state index contributed by atoms with van der Waals surface area (Å²) in [5.41, 5.74) is 4.07. The van der Waals surface area contributed by atoms with Crippen LogP contribution in [0.3, 0.4) is 0 Å². The van der Waals surface area contributed by atoms with Gasteiger partial charge >= 0.3 is 5.97 Å². The minimum absolute atomic E-state index is 0.193. The van der Waals surface area contributed by atoms with Crippen LogP contribution >= 0.6 is 11.6 Å². The summed E-state index contributed by atoms with van der Waals surface area (Å²) in [6, 6.07) is 15.5. The lowest BCUT2D eigenvalue weighted by atomic mass is 9.76. The summed E-state index contributed by atoms with van der Waals surface area (Å²) in [7, 11) is -2.46. The third-order valence-electron chi connectivity index (χ3n) is 8.17. The third kappa shape index (κ3) is 7.19. The largest absolute Gasteiger partial charge is 0.465 e. The second-order valence-corrected chi connectivity index (χ2v) is 13.4. The van der Waals surface area contributed by atoms with Gasteiger partial charge in [0.1, 0.15) is 5.82 Å². The Morgan fingerprint density at radius 2 is 1.76 bits per heavy atom. The summed E-state index contributed by atoms with van der Waals surface area (Å²) in [5, 5.41) is 0.470. The molecule has 1 heterocycles. The van der Waals surface area contributed by atoms with Gasteiger partial charge in [-0.3, -0.25) is 14.4 Å². The number of ether oxygens (including phenoxy) is 1. The molecule has 0 saturated heterocycles. The monoisotopic (exact) mass is 657 g/mol. The fourth-order valence-electron chi connectivity index (χ4n) is 6.25. The van der Waals surface area contributed by atoms with Crippen LogP contribution in [0.25, 0.3) is 0 Å². The van der Waals surface area contributed by atoms with Crippen LogP contribution in [0.2, 0.25) is 5.02 Å². The van der Waals surface area contributed by atoms with Gasteiger partial charge in [0, 0.05) is 22.7 Å². The number of methoxy groups -OCH3 is 1. The van der Waals surface area contributed by atoms with E-state index in [1.54, 1.807) is 53.4 Å². The van der Waals surface area contributed by atoms with Crippen LogP contribution in [0.1, 0.15) is 75.0 Å². The molecule has 0 aromatic heterocycles. The van der Waals surface area contributed by atoms with E-state index in [2.05, 4.69) is 14.9 Å². The highest BCUT2D eigenvalue weighted by Crippen LogP contribution is 2.46. The Labute approximate surface area is 265 Å². The van der Waals surface area contributed by atoms with Crippen molar-refractivity contribution in [1.29, 1.82) is 0 Å². The lowest BCUT2D eigenvalue weighted by Gasteiger charge is -2.49. The number of amides is 2. The molecule has 2 N–H and O–H groups in total. The minimum atomic E-state index is -3.60. The fraction of sp³-hybridized carbons (Fsp3) is 0.344. The van der Waals surface area contributed by atoms with Gasteiger partial charge < -0.3 is 9.64 Å². The van der Waals surface area contributed by atoms with Crippen molar-refractivity contribution >= 4 is 39.4 Å². The Bertz CT molecular complexity index is 1700. The molecule has 3 aromatic rings. The average Bonchev–Trinajstić information content (AvgIpc) is 3.01. The highest BCUT2D eigenvalue weighted by atomic mass is 35.5. The lowest BCUT2D eigenvalue weighted by Crippen LogP contribution is -2.59. The lowest BCUT2D eigenvalue weighted by molar-refractivity contribution is -0.138. The Morgan fingerprint density at radius 3 is 2.47 bits per heavy atom. The number of carbonyl (C=O) groups is 3. The molecule has 0 unspecified atom stereocenters. The molecular weight excluding hydrogens is 625 g/mol. The molecule has 13 heteroatoms. The summed E-state index contributed by atoms with van der Waals surface area (Å²) in [6.45, 7) is -0.193. The maximum Gasteiger partial charge on any atom is 0.340 e. The first-order valence-electron chi connectivity index (χ1n) is 14.4. The molecule has 45 heavy (non-hydrogen) atoms. The predicted octanol–water partition coefficient (Wildman–Crippen LogP) is 4.65. The van der Waals surface area contributed by atoms with E-state index < -0.39 is 51.8 Å². The van der Waals surface area contributed by atoms with E-state index in [4.69, 9.17) is 16.4 Å². The van der Waals surface area contributed by atoms with Crippen LogP contribution in [-0.2, 0) is 31.0 Å². The summed E-state index contributed by atoms with van der Waals surface area (Å²) < 4.78 is 46.1. The van der Waals surface area contributed by atoms with Crippen molar-refractivity contribution in [3.8, 4) is 0 Å². The molecule has 3 aromatic carbocycles. The summed E-state index contributed by atoms with van der Waals surface area (Å²) >= 11 is 6.21. The Hall–Kier alpha value is -3.84. The van der Waals surface area contributed by atoms with Gasteiger partial charge in [0.25, 0.3) is 11.8 Å². The molecule has 2 aliphatic rings. The number of benzene rings is 3. The number of rotatable bonds is 9. The van der Waals surface area contributed by atoms with Gasteiger partial charge in [-0.2, -0.15) is 0 Å². The van der Waals surface area contributed by atoms with Gasteiger partial charge in [-0.15, -0.1) is 0 Å². The van der Waals surface area contributed by atoms with Crippen molar-refractivity contribution in [2.24, 2.45) is 0 Å². The van der Waals surface area contributed by atoms with Crippen LogP contribution in [0.15, 0.2) is 66.7 Å². The molecular formula is C32H33ClFN3O7S. The van der Waals surface area contributed by atoms with Crippen molar-refractivity contribution in [2.45, 2.75) is 56.3 Å². The van der Waals surface area contributed by atoms with Crippen molar-refractivity contribution < 1.29 is 36.8 Å². The SMILES string of the molecule is COC(=O)c1cc(CONC(=O)[C@@H]2c3ccccc3C(=O)N([C@H]3CCCC[C@@H]3NS(C)(=O)=O)[C@H]2c2ccc(Cl)cc2)ccc1F. The topological polar surface area (TPSA) is 131 Å². The Balaban J connectivity index is 1.52. The van der Waals surface area contributed by atoms with Gasteiger partial charge in [-0.1, -0.05) is 60.8 Å². The first-order valence-corrected chi connectivity index (χ1v) is 16.7. The van der Waals surface area contributed by atoms with Crippen molar-refractivity contribution in [2.75, 3.05) is 13.4 Å². The smallest absolute Gasteiger partial charge is 0.340 e. The molecule has 10 nitrogen and oxygen atoms in total. The number of hydrogen-bond donors (Lipinski definition) is 2. The van der Waals surface area contributed by atoms with E-state index in [0.29, 0.717) is 40.1 Å². The zero-order valence-corrected chi connectivity index (χ0v) is 26.2. The van der Waals surface area contributed by atoms with Gasteiger partial charge in [-0.25, -0.2) is 27.8 Å². The summed E-state index contributed by atoms with van der Waals surface area (Å²) in [6.07, 6.45) is 3.71. The normalized spacial score (nSPS) is 21.6. The first kappa shape index (κ1) is 32.6. The van der Waals surface area contributed by atoms with Crippen molar-refractivity contribution in [1.82, 2.24) is 15.1 Å². The summed E-state index contributed by atoms with van der Waals surface area (Å²) in [4.78, 5) is 47.5. The average molecular weight is 658 g/mol. The molecule has 1 aliphatic carbocycles. The molecule has 1 fully saturated rings. The van der Waals surface area contributed by atoms with Gasteiger partial charge in [0.15, 0.2) is 0 Å². The van der Waals surface area contributed by atoms with Crippen molar-refractivity contribution in [3.05, 3.63) is 105 Å². The van der Waals surface area contributed by atoms with E-state index in [9.17, 15) is 27.2 Å². The number of sulfonamides is 1. The molecule has 0 radical (unpaired) electrons. The number of esters is 1. The van der Waals surface area contributed by atoms with E-state index in [-0.39, 0.29) is 18.1 Å². The van der Waals surface area contributed by atoms with Gasteiger partial charge in [-0.05, 0) is 59.9 Å². The van der Waals surface area contributed by atoms with Gasteiger partial charge in [0.05, 0.1) is 37.5 Å². The number of nitrogens with zero attached hydrogens (tertiary/aromatic N) is 1. The molecule has 1 aliphatic heterocycles. The maximum absolute atomic E-state index is 14.3. The molecule has 2 amide bonds. The number of fused-ring (bicyclic) bond motifs is 1. The van der Waals surface area contributed by atoms with E-state index >= 15 is 0 Å². The fourth-order valence-corrected chi connectivity index (χ4v) is 7.20. The summed E-state index contributed by atoms with van der Waals surface area (Å²) in [5.74, 6) is -3.43. The first-order chi connectivity index (χ1) is 21.5. The molecule has 238 valence electrons. The standard InChI is InChI=1S/C32H33ClFN3O7S/c1-43-32(40)24-17-19(11-16-25(24)34)18-44-35-30(38)28-22-7-3-4-8-23(22)31(39)37(29(28)20-12-14-21(33)15-13-20)27-10-6-5-9-26(27)36-45(2,41)42/h3-4,7-8,11-17,26-29,36H,5-6,9-10,18H2,1-2H3,(H,35,38)/t26-,27-,28+,29-/m0/s1. The third-order valence-corrected chi connectivity index (χ3v) is 9.15. The highest BCUT2D eigenvalue weighted by molar-refractivity contribution is 7.88. The molecule has 0 bridgehead atoms. The number of nitrogens with one attached hydrogen (secondary N) is 2. The molecule has 4 atom stereocenters. The Kier molecular flexibility index (Phi) is 9.88. The van der Waals surface area contributed by atoms with E-state index in [0.717, 1.165) is 32.3 Å². The Morgan fingerprint density at radius 1 is 1.04 bits per heavy atom. The molecule has 0 spiro atoms. The van der Waals surface area contributed by atoms with E-state index in [1.807, 2.05) is 0 Å². The maximum atomic E-state index is 14.3. The van der Waals surface area contributed by atoms with Crippen LogP contribution < -0.4 is 10.2 Å². The van der Waals surface area contributed by atoms with Crippen LogP contribution in [0.5, 0.6) is 0 Å². The van der Waals surface area contributed by atoms with Crippen LogP contribution in [0.4, 0.5) is 4.39 Å².